The molecule has 0 radical (unpaired) electrons. The molecule has 2 aromatic carbocycles. The van der Waals surface area contributed by atoms with Gasteiger partial charge in [0.25, 0.3) is 5.91 Å². The molecule has 140 valence electrons. The van der Waals surface area contributed by atoms with Crippen molar-refractivity contribution in [2.45, 2.75) is 26.9 Å². The summed E-state index contributed by atoms with van der Waals surface area (Å²) in [6, 6.07) is 15.2. The van der Waals surface area contributed by atoms with Gasteiger partial charge < -0.3 is 14.8 Å². The average molecular weight is 366 g/mol. The summed E-state index contributed by atoms with van der Waals surface area (Å²) in [5, 5.41) is 11.7. The van der Waals surface area contributed by atoms with Crippen LogP contribution in [0.15, 0.2) is 48.5 Å². The summed E-state index contributed by atoms with van der Waals surface area (Å²) in [6.45, 7) is 6.16. The summed E-state index contributed by atoms with van der Waals surface area (Å²) in [6.07, 6.45) is -1.01. The van der Waals surface area contributed by atoms with E-state index in [0.717, 1.165) is 0 Å². The van der Waals surface area contributed by atoms with E-state index in [1.54, 1.807) is 48.5 Å². The number of nitrogens with one attached hydrogen (secondary N) is 1. The van der Waals surface area contributed by atoms with Crippen LogP contribution in [0.1, 0.15) is 36.7 Å². The van der Waals surface area contributed by atoms with Crippen molar-refractivity contribution in [3.05, 3.63) is 59.7 Å². The maximum absolute atomic E-state index is 12.2. The van der Waals surface area contributed by atoms with Crippen LogP contribution in [0.2, 0.25) is 0 Å². The van der Waals surface area contributed by atoms with Gasteiger partial charge in [0.2, 0.25) is 0 Å². The highest BCUT2D eigenvalue weighted by atomic mass is 16.5. The Balaban J connectivity index is 1.94. The Morgan fingerprint density at radius 1 is 1.07 bits per heavy atom. The van der Waals surface area contributed by atoms with Crippen LogP contribution in [0.4, 0.5) is 5.69 Å². The highest BCUT2D eigenvalue weighted by molar-refractivity contribution is 5.98. The third kappa shape index (κ3) is 5.86. The summed E-state index contributed by atoms with van der Waals surface area (Å²) >= 11 is 0. The number of ether oxygens (including phenoxy) is 2. The Hall–Kier alpha value is -3.33. The first-order valence-corrected chi connectivity index (χ1v) is 8.64. The molecule has 0 aliphatic heterocycles. The molecule has 6 heteroatoms. The van der Waals surface area contributed by atoms with Crippen LogP contribution in [-0.2, 0) is 9.53 Å². The minimum Gasteiger partial charge on any atom is -0.493 e. The Morgan fingerprint density at radius 2 is 1.74 bits per heavy atom. The summed E-state index contributed by atoms with van der Waals surface area (Å²) in [7, 11) is 0. The average Bonchev–Trinajstić information content (AvgIpc) is 2.67. The van der Waals surface area contributed by atoms with Crippen LogP contribution in [0.5, 0.6) is 5.75 Å². The number of anilines is 1. The standard InChI is InChI=1S/C21H22N2O4/c1-14(2)13-26-18-10-8-16(9-11-18)21(25)27-15(3)20(24)23-19-7-5-4-6-17(19)12-22/h4-11,14-15H,13H2,1-3H3,(H,23,24)/t15-/m0/s1. The Kier molecular flexibility index (Phi) is 6.95. The largest absolute Gasteiger partial charge is 0.493 e. The van der Waals surface area contributed by atoms with Crippen molar-refractivity contribution < 1.29 is 19.1 Å². The van der Waals surface area contributed by atoms with E-state index in [2.05, 4.69) is 5.32 Å². The lowest BCUT2D eigenvalue weighted by atomic mass is 10.2. The molecule has 0 saturated carbocycles. The molecule has 1 amide bonds. The predicted octanol–water partition coefficient (Wildman–Crippen LogP) is 3.78. The topological polar surface area (TPSA) is 88.4 Å². The highest BCUT2D eigenvalue weighted by Gasteiger charge is 2.20. The van der Waals surface area contributed by atoms with E-state index < -0.39 is 18.0 Å². The zero-order valence-electron chi connectivity index (χ0n) is 15.6. The second kappa shape index (κ2) is 9.39. The number of carbonyl (C=O) groups is 2. The van der Waals surface area contributed by atoms with E-state index in [1.807, 2.05) is 19.9 Å². The maximum atomic E-state index is 12.2. The third-order valence-electron chi connectivity index (χ3n) is 3.63. The molecule has 6 nitrogen and oxygen atoms in total. The van der Waals surface area contributed by atoms with Gasteiger partial charge in [-0.15, -0.1) is 0 Å². The summed E-state index contributed by atoms with van der Waals surface area (Å²) in [5.74, 6) is -0.0520. The quantitative estimate of drug-likeness (QED) is 0.754. The molecule has 0 bridgehead atoms. The molecule has 0 aromatic heterocycles. The third-order valence-corrected chi connectivity index (χ3v) is 3.63. The number of hydrogen-bond donors (Lipinski definition) is 1. The van der Waals surface area contributed by atoms with Gasteiger partial charge in [-0.3, -0.25) is 4.79 Å². The maximum Gasteiger partial charge on any atom is 0.338 e. The summed E-state index contributed by atoms with van der Waals surface area (Å²) < 4.78 is 10.8. The van der Waals surface area contributed by atoms with Gasteiger partial charge in [0.05, 0.1) is 23.4 Å². The van der Waals surface area contributed by atoms with Gasteiger partial charge in [0.1, 0.15) is 11.8 Å². The van der Waals surface area contributed by atoms with Gasteiger partial charge in [-0.25, -0.2) is 4.79 Å². The van der Waals surface area contributed by atoms with Crippen molar-refractivity contribution in [1.82, 2.24) is 0 Å². The molecule has 0 spiro atoms. The van der Waals surface area contributed by atoms with Crippen molar-refractivity contribution in [3.8, 4) is 11.8 Å². The molecule has 0 unspecified atom stereocenters. The number of para-hydroxylation sites is 1. The van der Waals surface area contributed by atoms with Crippen molar-refractivity contribution in [2.75, 3.05) is 11.9 Å². The fourth-order valence-corrected chi connectivity index (χ4v) is 2.16. The van der Waals surface area contributed by atoms with Gasteiger partial charge in [-0.1, -0.05) is 26.0 Å². The number of amides is 1. The number of rotatable bonds is 7. The molecular weight excluding hydrogens is 344 g/mol. The SMILES string of the molecule is CC(C)COc1ccc(C(=O)O[C@@H](C)C(=O)Nc2ccccc2C#N)cc1. The molecule has 0 aliphatic carbocycles. The van der Waals surface area contributed by atoms with Gasteiger partial charge >= 0.3 is 5.97 Å². The molecule has 1 N–H and O–H groups in total. The smallest absolute Gasteiger partial charge is 0.338 e. The van der Waals surface area contributed by atoms with Gasteiger partial charge in [-0.2, -0.15) is 5.26 Å². The first-order chi connectivity index (χ1) is 12.9. The lowest BCUT2D eigenvalue weighted by Crippen LogP contribution is -2.30. The van der Waals surface area contributed by atoms with E-state index in [9.17, 15) is 9.59 Å². The van der Waals surface area contributed by atoms with E-state index in [4.69, 9.17) is 14.7 Å². The van der Waals surface area contributed by atoms with Crippen LogP contribution < -0.4 is 10.1 Å². The monoisotopic (exact) mass is 366 g/mol. The van der Waals surface area contributed by atoms with E-state index in [-0.39, 0.29) is 0 Å². The predicted molar refractivity (Wildman–Crippen MR) is 101 cm³/mol. The van der Waals surface area contributed by atoms with Crippen LogP contribution in [0, 0.1) is 17.2 Å². The minimum atomic E-state index is -1.01. The number of hydrogen-bond acceptors (Lipinski definition) is 5. The summed E-state index contributed by atoms with van der Waals surface area (Å²) in [4.78, 5) is 24.4. The Bertz CT molecular complexity index is 838. The number of nitriles is 1. The van der Waals surface area contributed by atoms with Crippen molar-refractivity contribution >= 4 is 17.6 Å². The highest BCUT2D eigenvalue weighted by Crippen LogP contribution is 2.16. The first-order valence-electron chi connectivity index (χ1n) is 8.64. The second-order valence-electron chi connectivity index (χ2n) is 6.42. The Labute approximate surface area is 158 Å². The van der Waals surface area contributed by atoms with Crippen LogP contribution in [0.25, 0.3) is 0 Å². The second-order valence-corrected chi connectivity index (χ2v) is 6.42. The molecule has 27 heavy (non-hydrogen) atoms. The number of esters is 1. The zero-order valence-corrected chi connectivity index (χ0v) is 15.6. The molecule has 2 rings (SSSR count). The van der Waals surface area contributed by atoms with Gasteiger partial charge in [0.15, 0.2) is 6.10 Å². The van der Waals surface area contributed by atoms with Gasteiger partial charge in [0, 0.05) is 0 Å². The molecule has 1 atom stereocenters. The van der Waals surface area contributed by atoms with E-state index in [0.29, 0.717) is 35.1 Å². The van der Waals surface area contributed by atoms with E-state index >= 15 is 0 Å². The number of benzene rings is 2. The van der Waals surface area contributed by atoms with Crippen molar-refractivity contribution in [3.63, 3.8) is 0 Å². The fourth-order valence-electron chi connectivity index (χ4n) is 2.16. The Morgan fingerprint density at radius 3 is 2.37 bits per heavy atom. The lowest BCUT2D eigenvalue weighted by molar-refractivity contribution is -0.123. The minimum absolute atomic E-state index is 0.323. The molecule has 0 aliphatic rings. The molecular formula is C21H22N2O4. The van der Waals surface area contributed by atoms with Crippen molar-refractivity contribution in [1.29, 1.82) is 5.26 Å². The fraction of sp³-hybridized carbons (Fsp3) is 0.286. The van der Waals surface area contributed by atoms with Crippen molar-refractivity contribution in [2.24, 2.45) is 5.92 Å². The van der Waals surface area contributed by atoms with Gasteiger partial charge in [-0.05, 0) is 49.2 Å². The molecule has 0 fully saturated rings. The number of carbonyl (C=O) groups excluding carboxylic acids is 2. The number of nitrogens with zero attached hydrogens (tertiary/aromatic N) is 1. The molecule has 0 saturated heterocycles. The summed E-state index contributed by atoms with van der Waals surface area (Å²) in [5.41, 5.74) is 1.03. The van der Waals surface area contributed by atoms with E-state index in [1.165, 1.54) is 6.92 Å². The van der Waals surface area contributed by atoms with Crippen LogP contribution in [0.3, 0.4) is 0 Å². The zero-order chi connectivity index (χ0) is 19.8. The first kappa shape index (κ1) is 20.0. The van der Waals surface area contributed by atoms with Crippen LogP contribution in [-0.4, -0.2) is 24.6 Å². The molecule has 2 aromatic rings. The molecule has 0 heterocycles. The normalized spacial score (nSPS) is 11.4. The van der Waals surface area contributed by atoms with Crippen LogP contribution >= 0.6 is 0 Å². The lowest BCUT2D eigenvalue weighted by Gasteiger charge is -2.14.